The molecule has 53 heavy (non-hydrogen) atoms. The first kappa shape index (κ1) is 34.7. The Bertz CT molecular complexity index is 2310. The van der Waals surface area contributed by atoms with Crippen molar-refractivity contribution in [2.24, 2.45) is 11.8 Å². The summed E-state index contributed by atoms with van der Waals surface area (Å²) in [5, 5.41) is 34.4. The molecular weight excluding hydrogens is 667 g/mol. The van der Waals surface area contributed by atoms with Gasteiger partial charge in [-0.2, -0.15) is 5.26 Å². The predicted octanol–water partition coefficient (Wildman–Crippen LogP) is 6.41. The first-order valence-corrected chi connectivity index (χ1v) is 18.3. The molecule has 2 fully saturated rings. The lowest BCUT2D eigenvalue weighted by Gasteiger charge is -2.39. The van der Waals surface area contributed by atoms with Crippen LogP contribution in [0.25, 0.3) is 27.6 Å². The number of anilines is 1. The number of β-amino-alcohol motifs (C(OH)–C–C–N with tert-alkyl or cyclic N) is 1. The lowest BCUT2D eigenvalue weighted by molar-refractivity contribution is -0.138. The number of aliphatic hydroxyl groups excluding tert-OH is 1. The number of hydrogen-bond donors (Lipinski definition) is 3. The normalized spacial score (nSPS) is 23.4. The van der Waals surface area contributed by atoms with Crippen LogP contribution in [0.4, 0.5) is 5.82 Å². The van der Waals surface area contributed by atoms with Crippen LogP contribution >= 0.6 is 0 Å². The number of nitrogens with one attached hydrogen (secondary N) is 1. The van der Waals surface area contributed by atoms with Gasteiger partial charge in [-0.05, 0) is 90.4 Å². The lowest BCUT2D eigenvalue weighted by Crippen LogP contribution is -2.42. The van der Waals surface area contributed by atoms with Crippen molar-refractivity contribution < 1.29 is 19.4 Å². The number of aryl methyl sites for hydroxylation is 1. The molecule has 0 spiro atoms. The number of fused-ring (bicyclic) bond motifs is 2. The fraction of sp³-hybridized carbons (Fsp3) is 0.357. The van der Waals surface area contributed by atoms with Gasteiger partial charge in [-0.1, -0.05) is 43.3 Å². The van der Waals surface area contributed by atoms with E-state index in [-0.39, 0.29) is 24.4 Å². The number of pyridine rings is 2. The molecule has 0 radical (unpaired) electrons. The van der Waals surface area contributed by atoms with Gasteiger partial charge < -0.3 is 19.9 Å². The highest BCUT2D eigenvalue weighted by atomic mass is 16.4. The van der Waals surface area contributed by atoms with Gasteiger partial charge in [-0.3, -0.25) is 19.6 Å². The number of benzene rings is 2. The van der Waals surface area contributed by atoms with Gasteiger partial charge in [0.05, 0.1) is 11.7 Å². The Balaban J connectivity index is 1.18. The summed E-state index contributed by atoms with van der Waals surface area (Å²) in [4.78, 5) is 30.7. The number of carboxylic acid groups (broad SMARTS) is 1. The number of likely N-dealkylation sites (tertiary alicyclic amines) is 2. The average molecular weight is 710 g/mol. The minimum atomic E-state index is -1.01. The molecule has 3 aromatic heterocycles. The molecule has 270 valence electrons. The summed E-state index contributed by atoms with van der Waals surface area (Å²) >= 11 is 0. The van der Waals surface area contributed by atoms with E-state index in [2.05, 4.69) is 65.4 Å². The van der Waals surface area contributed by atoms with E-state index in [1.165, 1.54) is 0 Å². The Labute approximate surface area is 308 Å². The Morgan fingerprint density at radius 2 is 1.89 bits per heavy atom. The summed E-state index contributed by atoms with van der Waals surface area (Å²) in [5.74, 6) is 0.151. The second-order valence-corrected chi connectivity index (χ2v) is 14.9. The Kier molecular flexibility index (Phi) is 9.28. The molecule has 4 atom stereocenters. The Hall–Kier alpha value is -5.41. The van der Waals surface area contributed by atoms with Gasteiger partial charge in [-0.25, -0.2) is 9.97 Å². The van der Waals surface area contributed by atoms with E-state index in [9.17, 15) is 20.3 Å². The monoisotopic (exact) mass is 709 g/mol. The Morgan fingerprint density at radius 3 is 2.68 bits per heavy atom. The zero-order valence-corrected chi connectivity index (χ0v) is 30.0. The summed E-state index contributed by atoms with van der Waals surface area (Å²) in [6, 6.07) is 18.6. The summed E-state index contributed by atoms with van der Waals surface area (Å²) < 4.78 is 6.66. The molecule has 3 N–H and O–H groups in total. The van der Waals surface area contributed by atoms with Gasteiger partial charge in [0.15, 0.2) is 11.4 Å². The molecule has 0 amide bonds. The van der Waals surface area contributed by atoms with Crippen LogP contribution in [-0.2, 0) is 23.4 Å². The quantitative estimate of drug-likeness (QED) is 0.148. The number of allylic oxidation sites excluding steroid dienone is 2. The number of hydrogen-bond acceptors (Lipinski definition) is 10. The number of aliphatic carboxylic acids is 1. The molecule has 2 aliphatic heterocycles. The minimum absolute atomic E-state index is 0.120. The number of nitrogens with zero attached hydrogens (tertiary/aromatic N) is 6. The molecule has 1 aliphatic carbocycles. The van der Waals surface area contributed by atoms with Gasteiger partial charge in [0, 0.05) is 62.8 Å². The standard InChI is InChI=1S/C42H43N7O4/c1-26-6-3-4-7-34(26)35-8-5-12-42(27(35)2,47-40-38-31(9-13-44-40)17-30(21-45-38)24-49-15-11-33(50)25-49)41-46-36-18-29(16-32(20-43)39(36)53-41)23-48-14-10-28(22-48)19-37(51)52/h3-9,12-13,16-18,21,27-28,33,50H,10-11,14-15,19,22-25H2,1-2H3,(H,44,47)(H,51,52)/t27?,28-,33+,42?/m0/s1. The fourth-order valence-corrected chi connectivity index (χ4v) is 8.38. The molecule has 2 unspecified atom stereocenters. The van der Waals surface area contributed by atoms with Crippen molar-refractivity contribution in [1.82, 2.24) is 24.8 Å². The molecule has 0 saturated carbocycles. The Morgan fingerprint density at radius 1 is 1.08 bits per heavy atom. The van der Waals surface area contributed by atoms with Crippen molar-refractivity contribution in [2.45, 2.75) is 57.8 Å². The third-order valence-electron chi connectivity index (χ3n) is 11.1. The van der Waals surface area contributed by atoms with Crippen molar-refractivity contribution in [3.8, 4) is 6.07 Å². The highest BCUT2D eigenvalue weighted by molar-refractivity contribution is 5.89. The van der Waals surface area contributed by atoms with E-state index < -0.39 is 11.5 Å². The zero-order chi connectivity index (χ0) is 36.7. The maximum absolute atomic E-state index is 11.3. The summed E-state index contributed by atoms with van der Waals surface area (Å²) in [6.45, 7) is 8.60. The van der Waals surface area contributed by atoms with E-state index in [0.29, 0.717) is 60.1 Å². The van der Waals surface area contributed by atoms with Crippen LogP contribution in [0, 0.1) is 30.1 Å². The molecule has 11 nitrogen and oxygen atoms in total. The topological polar surface area (TPSA) is 152 Å². The molecule has 2 aromatic carbocycles. The van der Waals surface area contributed by atoms with Crippen LogP contribution in [0.15, 0.2) is 83.6 Å². The number of nitriles is 1. The van der Waals surface area contributed by atoms with Crippen LogP contribution < -0.4 is 5.32 Å². The van der Waals surface area contributed by atoms with Crippen molar-refractivity contribution in [1.29, 1.82) is 5.26 Å². The molecule has 11 heteroatoms. The van der Waals surface area contributed by atoms with Crippen LogP contribution in [0.1, 0.15) is 59.9 Å². The molecule has 0 bridgehead atoms. The minimum Gasteiger partial charge on any atom is -0.481 e. The average Bonchev–Trinajstić information content (AvgIpc) is 3.89. The maximum atomic E-state index is 11.3. The van der Waals surface area contributed by atoms with Crippen LogP contribution in [0.2, 0.25) is 0 Å². The van der Waals surface area contributed by atoms with Crippen molar-refractivity contribution in [3.63, 3.8) is 0 Å². The second-order valence-electron chi connectivity index (χ2n) is 14.9. The number of aliphatic hydroxyl groups is 1. The highest BCUT2D eigenvalue weighted by Crippen LogP contribution is 2.46. The molecular formula is C42H43N7O4. The van der Waals surface area contributed by atoms with E-state index in [1.54, 1.807) is 6.20 Å². The molecule has 5 aromatic rings. The highest BCUT2D eigenvalue weighted by Gasteiger charge is 2.45. The summed E-state index contributed by atoms with van der Waals surface area (Å²) in [6.07, 6.45) is 11.4. The van der Waals surface area contributed by atoms with E-state index in [1.807, 2.05) is 42.6 Å². The van der Waals surface area contributed by atoms with Gasteiger partial charge in [-0.15, -0.1) is 0 Å². The number of aromatic nitrogens is 3. The van der Waals surface area contributed by atoms with E-state index >= 15 is 0 Å². The van der Waals surface area contributed by atoms with Crippen LogP contribution in [0.3, 0.4) is 0 Å². The number of rotatable bonds is 10. The first-order chi connectivity index (χ1) is 25.7. The third kappa shape index (κ3) is 6.81. The van der Waals surface area contributed by atoms with Crippen LogP contribution in [0.5, 0.6) is 0 Å². The van der Waals surface area contributed by atoms with E-state index in [4.69, 9.17) is 19.4 Å². The van der Waals surface area contributed by atoms with Crippen molar-refractivity contribution >= 4 is 39.4 Å². The summed E-state index contributed by atoms with van der Waals surface area (Å²) in [7, 11) is 0. The molecule has 3 aliphatic rings. The lowest BCUT2D eigenvalue weighted by atomic mass is 9.73. The molecule has 8 rings (SSSR count). The smallest absolute Gasteiger partial charge is 0.303 e. The van der Waals surface area contributed by atoms with Crippen molar-refractivity contribution in [2.75, 3.05) is 31.5 Å². The number of carboxylic acids is 1. The third-order valence-corrected chi connectivity index (χ3v) is 11.1. The number of carbonyl (C=O) groups is 1. The fourth-order valence-electron chi connectivity index (χ4n) is 8.38. The van der Waals surface area contributed by atoms with Crippen LogP contribution in [-0.4, -0.2) is 73.2 Å². The first-order valence-electron chi connectivity index (χ1n) is 18.3. The van der Waals surface area contributed by atoms with E-state index in [0.717, 1.165) is 59.1 Å². The molecule has 5 heterocycles. The van der Waals surface area contributed by atoms with Gasteiger partial charge >= 0.3 is 5.97 Å². The SMILES string of the molecule is Cc1ccccc1C1=CC=CC(Nc2nccc3cc(CN4CC[C@@H](O)C4)cnc23)(c2nc3cc(CN4CC[C@@H](CC(=O)O)C4)cc(C#N)c3o2)C1C. The maximum Gasteiger partial charge on any atom is 0.303 e. The number of oxazole rings is 1. The largest absolute Gasteiger partial charge is 0.481 e. The van der Waals surface area contributed by atoms with Gasteiger partial charge in [0.25, 0.3) is 0 Å². The van der Waals surface area contributed by atoms with Gasteiger partial charge in [0.1, 0.15) is 22.6 Å². The zero-order valence-electron chi connectivity index (χ0n) is 30.0. The predicted molar refractivity (Wildman–Crippen MR) is 203 cm³/mol. The summed E-state index contributed by atoms with van der Waals surface area (Å²) in [5.41, 5.74) is 6.50. The van der Waals surface area contributed by atoms with Crippen molar-refractivity contribution in [3.05, 3.63) is 113 Å². The van der Waals surface area contributed by atoms with Gasteiger partial charge in [0.2, 0.25) is 5.89 Å². The second kappa shape index (κ2) is 14.2. The molecule has 2 saturated heterocycles.